The van der Waals surface area contributed by atoms with Crippen LogP contribution < -0.4 is 0 Å². The molecule has 0 radical (unpaired) electrons. The maximum absolute atomic E-state index is 11.5. The van der Waals surface area contributed by atoms with Gasteiger partial charge in [0.1, 0.15) is 0 Å². The number of aliphatic hydroxyl groups is 1. The Balaban J connectivity index is 2.12. The van der Waals surface area contributed by atoms with Crippen molar-refractivity contribution in [2.45, 2.75) is 50.3 Å². The van der Waals surface area contributed by atoms with Gasteiger partial charge in [-0.25, -0.2) is 4.79 Å². The second-order valence-electron chi connectivity index (χ2n) is 4.24. The molecule has 2 rings (SSSR count). The van der Waals surface area contributed by atoms with Crippen LogP contribution in [0, 0.1) is 0 Å². The highest BCUT2D eigenvalue weighted by atomic mass is 16.5. The van der Waals surface area contributed by atoms with Crippen LogP contribution in [0.4, 0.5) is 4.79 Å². The van der Waals surface area contributed by atoms with Crippen LogP contribution in [0.5, 0.6) is 0 Å². The first kappa shape index (κ1) is 9.77. The first-order valence-corrected chi connectivity index (χ1v) is 5.26. The lowest BCUT2D eigenvalue weighted by atomic mass is 9.83. The van der Waals surface area contributed by atoms with Crippen molar-refractivity contribution < 1.29 is 14.6 Å². The highest BCUT2D eigenvalue weighted by molar-refractivity contribution is 5.68. The number of hydrogen-bond donors (Lipinski definition) is 1. The number of carbonyl (C=O) groups is 1. The molecule has 2 fully saturated rings. The molecule has 14 heavy (non-hydrogen) atoms. The lowest BCUT2D eigenvalue weighted by molar-refractivity contribution is -0.0194. The highest BCUT2D eigenvalue weighted by Crippen LogP contribution is 2.34. The van der Waals surface area contributed by atoms with Crippen molar-refractivity contribution in [1.29, 1.82) is 0 Å². The predicted molar refractivity (Wildman–Crippen MR) is 50.9 cm³/mol. The molecule has 0 aliphatic carbocycles. The summed E-state index contributed by atoms with van der Waals surface area (Å²) in [7, 11) is 1.42. The Morgan fingerprint density at radius 2 is 1.93 bits per heavy atom. The molecule has 0 aromatic carbocycles. The largest absolute Gasteiger partial charge is 0.453 e. The zero-order chi connectivity index (χ0) is 10.1. The van der Waals surface area contributed by atoms with Gasteiger partial charge in [-0.2, -0.15) is 0 Å². The van der Waals surface area contributed by atoms with Crippen LogP contribution in [0.15, 0.2) is 0 Å². The number of piperidine rings is 2. The molecule has 2 bridgehead atoms. The molecule has 1 N–H and O–H groups in total. The molecule has 4 nitrogen and oxygen atoms in total. The highest BCUT2D eigenvalue weighted by Gasteiger charge is 2.40. The van der Waals surface area contributed by atoms with Crippen LogP contribution in [0.25, 0.3) is 0 Å². The topological polar surface area (TPSA) is 49.8 Å². The third-order valence-electron chi connectivity index (χ3n) is 3.34. The van der Waals surface area contributed by atoms with Crippen LogP contribution in [0.3, 0.4) is 0 Å². The van der Waals surface area contributed by atoms with Crippen LogP contribution in [-0.4, -0.2) is 41.4 Å². The maximum Gasteiger partial charge on any atom is 0.409 e. The van der Waals surface area contributed by atoms with Gasteiger partial charge >= 0.3 is 6.09 Å². The average molecular weight is 199 g/mol. The van der Waals surface area contributed by atoms with Gasteiger partial charge in [-0.1, -0.05) is 0 Å². The van der Waals surface area contributed by atoms with Crippen LogP contribution in [0.2, 0.25) is 0 Å². The smallest absolute Gasteiger partial charge is 0.409 e. The van der Waals surface area contributed by atoms with Gasteiger partial charge in [0.25, 0.3) is 0 Å². The van der Waals surface area contributed by atoms with E-state index in [2.05, 4.69) is 0 Å². The van der Waals surface area contributed by atoms with Crippen molar-refractivity contribution in [3.63, 3.8) is 0 Å². The molecule has 0 aromatic heterocycles. The summed E-state index contributed by atoms with van der Waals surface area (Å²) in [5.41, 5.74) is 0. The average Bonchev–Trinajstić information content (AvgIpc) is 2.15. The molecule has 2 atom stereocenters. The summed E-state index contributed by atoms with van der Waals surface area (Å²) in [5, 5.41) is 9.61. The molecular weight excluding hydrogens is 182 g/mol. The molecule has 2 aliphatic heterocycles. The fourth-order valence-corrected chi connectivity index (χ4v) is 2.76. The van der Waals surface area contributed by atoms with Crippen molar-refractivity contribution in [2.75, 3.05) is 7.11 Å². The lowest BCUT2D eigenvalue weighted by Crippen LogP contribution is -2.55. The summed E-state index contributed by atoms with van der Waals surface area (Å²) < 4.78 is 4.77. The van der Waals surface area contributed by atoms with E-state index >= 15 is 0 Å². The summed E-state index contributed by atoms with van der Waals surface area (Å²) in [4.78, 5) is 13.3. The Labute approximate surface area is 83.8 Å². The zero-order valence-electron chi connectivity index (χ0n) is 8.48. The standard InChI is InChI=1S/C10H17NO3/c1-14-10(13)11-7-3-2-4-8(11)6-9(12)5-7/h7-9,12H,2-6H2,1H3. The van der Waals surface area contributed by atoms with Crippen molar-refractivity contribution in [2.24, 2.45) is 0 Å². The van der Waals surface area contributed by atoms with Gasteiger partial charge in [0.05, 0.1) is 13.2 Å². The third-order valence-corrected chi connectivity index (χ3v) is 3.34. The first-order valence-electron chi connectivity index (χ1n) is 5.26. The number of ether oxygens (including phenoxy) is 1. The van der Waals surface area contributed by atoms with Crippen LogP contribution >= 0.6 is 0 Å². The minimum Gasteiger partial charge on any atom is -0.453 e. The molecular formula is C10H17NO3. The quantitative estimate of drug-likeness (QED) is 0.636. The molecule has 0 aromatic rings. The Kier molecular flexibility index (Phi) is 2.63. The van der Waals surface area contributed by atoms with E-state index in [9.17, 15) is 9.90 Å². The molecule has 2 saturated heterocycles. The first-order chi connectivity index (χ1) is 6.72. The number of hydrogen-bond acceptors (Lipinski definition) is 3. The summed E-state index contributed by atoms with van der Waals surface area (Å²) >= 11 is 0. The molecule has 2 unspecified atom stereocenters. The third kappa shape index (κ3) is 1.59. The molecule has 2 aliphatic rings. The number of fused-ring (bicyclic) bond motifs is 2. The number of rotatable bonds is 0. The number of nitrogens with zero attached hydrogens (tertiary/aromatic N) is 1. The van der Waals surface area contributed by atoms with Gasteiger partial charge in [-0.3, -0.25) is 0 Å². The van der Waals surface area contributed by atoms with Gasteiger partial charge in [-0.15, -0.1) is 0 Å². The Morgan fingerprint density at radius 1 is 1.36 bits per heavy atom. The fourth-order valence-electron chi connectivity index (χ4n) is 2.76. The Bertz CT molecular complexity index is 217. The van der Waals surface area contributed by atoms with Gasteiger partial charge in [-0.05, 0) is 32.1 Å². The summed E-state index contributed by atoms with van der Waals surface area (Å²) in [6.45, 7) is 0. The summed E-state index contributed by atoms with van der Waals surface area (Å²) in [6, 6.07) is 0.398. The van der Waals surface area contributed by atoms with Gasteiger partial charge in [0.15, 0.2) is 0 Å². The Hall–Kier alpha value is -0.770. The van der Waals surface area contributed by atoms with E-state index in [0.29, 0.717) is 12.8 Å². The van der Waals surface area contributed by atoms with E-state index in [0.717, 1.165) is 19.3 Å². The van der Waals surface area contributed by atoms with E-state index in [4.69, 9.17) is 4.74 Å². The minimum absolute atomic E-state index is 0.199. The minimum atomic E-state index is -0.230. The zero-order valence-corrected chi connectivity index (χ0v) is 8.48. The number of methoxy groups -OCH3 is 1. The van der Waals surface area contributed by atoms with Crippen molar-refractivity contribution >= 4 is 6.09 Å². The van der Waals surface area contributed by atoms with Crippen LogP contribution in [-0.2, 0) is 4.74 Å². The molecule has 2 heterocycles. The molecule has 0 saturated carbocycles. The number of carbonyl (C=O) groups excluding carboxylic acids is 1. The maximum atomic E-state index is 11.5. The van der Waals surface area contributed by atoms with Crippen molar-refractivity contribution in [1.82, 2.24) is 4.90 Å². The molecule has 80 valence electrons. The number of amides is 1. The van der Waals surface area contributed by atoms with E-state index in [-0.39, 0.29) is 24.3 Å². The summed E-state index contributed by atoms with van der Waals surface area (Å²) in [5.74, 6) is 0. The van der Waals surface area contributed by atoms with Gasteiger partial charge in [0.2, 0.25) is 0 Å². The van der Waals surface area contributed by atoms with Crippen molar-refractivity contribution in [3.05, 3.63) is 0 Å². The second-order valence-corrected chi connectivity index (χ2v) is 4.24. The normalized spacial score (nSPS) is 36.7. The van der Waals surface area contributed by atoms with Crippen LogP contribution in [0.1, 0.15) is 32.1 Å². The van der Waals surface area contributed by atoms with E-state index in [1.54, 1.807) is 0 Å². The van der Waals surface area contributed by atoms with Gasteiger partial charge < -0.3 is 14.7 Å². The SMILES string of the molecule is COC(=O)N1C2CCCC1CC(O)C2. The fraction of sp³-hybridized carbons (Fsp3) is 0.900. The molecule has 4 heteroatoms. The molecule has 1 amide bonds. The second kappa shape index (κ2) is 3.77. The van der Waals surface area contributed by atoms with Crippen molar-refractivity contribution in [3.8, 4) is 0 Å². The van der Waals surface area contributed by atoms with E-state index in [1.165, 1.54) is 7.11 Å². The monoisotopic (exact) mass is 199 g/mol. The lowest BCUT2D eigenvalue weighted by Gasteiger charge is -2.46. The number of aliphatic hydroxyl groups excluding tert-OH is 1. The van der Waals surface area contributed by atoms with E-state index < -0.39 is 0 Å². The van der Waals surface area contributed by atoms with E-state index in [1.807, 2.05) is 4.90 Å². The summed E-state index contributed by atoms with van der Waals surface area (Å²) in [6.07, 6.45) is 4.13. The Morgan fingerprint density at radius 3 is 2.43 bits per heavy atom. The predicted octanol–water partition coefficient (Wildman–Crippen LogP) is 1.13. The molecule has 0 spiro atoms. The van der Waals surface area contributed by atoms with Gasteiger partial charge in [0, 0.05) is 12.1 Å².